The van der Waals surface area contributed by atoms with E-state index in [9.17, 15) is 0 Å². The second-order valence-electron chi connectivity index (χ2n) is 15.9. The first-order valence-corrected chi connectivity index (χ1v) is 21.5. The Hall–Kier alpha value is -7.79. The van der Waals surface area contributed by atoms with Crippen molar-refractivity contribution < 1.29 is 0 Å². The average Bonchev–Trinajstić information content (AvgIpc) is 3.77. The van der Waals surface area contributed by atoms with Crippen molar-refractivity contribution in [3.05, 3.63) is 200 Å². The average molecular weight is 792 g/mol. The minimum atomic E-state index is 0.633. The molecule has 11 aromatic carbocycles. The van der Waals surface area contributed by atoms with Crippen LogP contribution < -0.4 is 0 Å². The lowest BCUT2D eigenvalue weighted by molar-refractivity contribution is 1.08. The molecular weight excluding hydrogens is 759 g/mol. The Balaban J connectivity index is 1.12. The maximum absolute atomic E-state index is 5.43. The van der Waals surface area contributed by atoms with Crippen molar-refractivity contribution in [2.75, 3.05) is 0 Å². The number of fused-ring (bicyclic) bond motifs is 3. The van der Waals surface area contributed by atoms with Gasteiger partial charge in [0.1, 0.15) is 0 Å². The molecule has 0 saturated heterocycles. The Morgan fingerprint density at radius 2 is 0.787 bits per heavy atom. The Labute approximate surface area is 355 Å². The first kappa shape index (κ1) is 34.1. The summed E-state index contributed by atoms with van der Waals surface area (Å²) in [6, 6.07) is 72.3. The number of nitrogens with zero attached hydrogens (tertiary/aromatic N) is 3. The third-order valence-corrected chi connectivity index (χ3v) is 13.6. The molecular formula is C57H33N3S. The highest BCUT2D eigenvalue weighted by atomic mass is 32.1. The standard InChI is InChI=1S/C57H33N3S/c1-2-12-34(13-3-1)38-18-8-19-41(30-38)55-58-56(60-57(59-55)47-21-6-5-20-43(47)50-33-39-14-4-7-25-49(39)61-50)42-31-40-29-28-37-16-10-23-45-44-22-9-15-35-26-27-36-17-11-24-46(53(36)51(35)44)48(32-42)54(40)52(37)45/h1-33H. The van der Waals surface area contributed by atoms with Gasteiger partial charge < -0.3 is 0 Å². The van der Waals surface area contributed by atoms with Gasteiger partial charge in [0.25, 0.3) is 0 Å². The predicted octanol–water partition coefficient (Wildman–Crippen LogP) is 15.8. The molecule has 0 fully saturated rings. The lowest BCUT2D eigenvalue weighted by atomic mass is 9.87. The number of hydrogen-bond acceptors (Lipinski definition) is 4. The maximum Gasteiger partial charge on any atom is 0.164 e. The van der Waals surface area contributed by atoms with Gasteiger partial charge in [-0.25, -0.2) is 15.0 Å². The van der Waals surface area contributed by atoms with Crippen LogP contribution in [-0.4, -0.2) is 15.0 Å². The molecule has 0 amide bonds. The van der Waals surface area contributed by atoms with Gasteiger partial charge in [0.05, 0.1) is 0 Å². The van der Waals surface area contributed by atoms with E-state index in [0.29, 0.717) is 17.5 Å². The minimum absolute atomic E-state index is 0.633. The maximum atomic E-state index is 5.43. The zero-order chi connectivity index (χ0) is 40.0. The van der Waals surface area contributed by atoms with Crippen LogP contribution in [0.4, 0.5) is 0 Å². The molecule has 0 radical (unpaired) electrons. The second kappa shape index (κ2) is 13.4. The highest BCUT2D eigenvalue weighted by molar-refractivity contribution is 7.22. The summed E-state index contributed by atoms with van der Waals surface area (Å²) in [5.74, 6) is 1.91. The third-order valence-electron chi connectivity index (χ3n) is 12.4. The summed E-state index contributed by atoms with van der Waals surface area (Å²) in [5.41, 5.74) is 6.21. The number of thiophene rings is 1. The van der Waals surface area contributed by atoms with Crippen LogP contribution in [0.3, 0.4) is 0 Å². The predicted molar refractivity (Wildman–Crippen MR) is 259 cm³/mol. The molecule has 0 N–H and O–H groups in total. The summed E-state index contributed by atoms with van der Waals surface area (Å²) < 4.78 is 1.25. The Morgan fingerprint density at radius 1 is 0.279 bits per heavy atom. The quantitative estimate of drug-likeness (QED) is 0.163. The topological polar surface area (TPSA) is 38.7 Å². The Morgan fingerprint density at radius 3 is 1.49 bits per heavy atom. The van der Waals surface area contributed by atoms with Crippen molar-refractivity contribution in [2.24, 2.45) is 0 Å². The molecule has 0 aliphatic carbocycles. The van der Waals surface area contributed by atoms with Gasteiger partial charge in [0, 0.05) is 31.8 Å². The van der Waals surface area contributed by atoms with E-state index in [2.05, 4.69) is 200 Å². The van der Waals surface area contributed by atoms with E-state index in [-0.39, 0.29) is 0 Å². The van der Waals surface area contributed by atoms with Gasteiger partial charge in [-0.05, 0) is 111 Å². The van der Waals surface area contributed by atoms with Crippen LogP contribution in [0.25, 0.3) is 130 Å². The molecule has 0 aliphatic heterocycles. The van der Waals surface area contributed by atoms with Gasteiger partial charge in [0.15, 0.2) is 17.5 Å². The summed E-state index contributed by atoms with van der Waals surface area (Å²) in [6.07, 6.45) is 0. The summed E-state index contributed by atoms with van der Waals surface area (Å²) in [7, 11) is 0. The van der Waals surface area contributed by atoms with Gasteiger partial charge in [-0.2, -0.15) is 0 Å². The fraction of sp³-hybridized carbons (Fsp3) is 0. The molecule has 0 atom stereocenters. The van der Waals surface area contributed by atoms with Gasteiger partial charge in [-0.15, -0.1) is 11.3 Å². The summed E-state index contributed by atoms with van der Waals surface area (Å²) in [4.78, 5) is 17.3. The number of hydrogen-bond donors (Lipinski definition) is 0. The van der Waals surface area contributed by atoms with Gasteiger partial charge in [-0.3, -0.25) is 0 Å². The minimum Gasteiger partial charge on any atom is -0.208 e. The molecule has 13 rings (SSSR count). The fourth-order valence-corrected chi connectivity index (χ4v) is 10.7. The van der Waals surface area contributed by atoms with E-state index in [1.165, 1.54) is 74.2 Å². The van der Waals surface area contributed by atoms with Gasteiger partial charge >= 0.3 is 0 Å². The summed E-state index contributed by atoms with van der Waals surface area (Å²) in [5, 5.41) is 16.1. The van der Waals surface area contributed by atoms with Crippen molar-refractivity contribution in [3.8, 4) is 55.7 Å². The zero-order valence-electron chi connectivity index (χ0n) is 32.8. The SMILES string of the molecule is c1ccc(-c2cccc(-c3nc(-c4cc5ccc6cccc7c8cccc9ccc%10cccc(c(c4)c5c67)c%10c98)nc(-c4ccccc4-c4cc5ccccc5s4)n3)c2)cc1. The monoisotopic (exact) mass is 791 g/mol. The second-order valence-corrected chi connectivity index (χ2v) is 17.0. The number of aromatic nitrogens is 3. The summed E-state index contributed by atoms with van der Waals surface area (Å²) >= 11 is 1.80. The highest BCUT2D eigenvalue weighted by Gasteiger charge is 2.20. The van der Waals surface area contributed by atoms with Gasteiger partial charge in [-0.1, -0.05) is 170 Å². The zero-order valence-corrected chi connectivity index (χ0v) is 33.6. The lowest BCUT2D eigenvalue weighted by Gasteiger charge is -2.17. The number of benzene rings is 10. The smallest absolute Gasteiger partial charge is 0.164 e. The molecule has 0 spiro atoms. The van der Waals surface area contributed by atoms with Crippen LogP contribution in [0.5, 0.6) is 0 Å². The van der Waals surface area contributed by atoms with E-state index >= 15 is 0 Å². The third kappa shape index (κ3) is 5.39. The molecule has 0 bridgehead atoms. The Kier molecular flexibility index (Phi) is 7.47. The van der Waals surface area contributed by atoms with Crippen LogP contribution in [0, 0.1) is 0 Å². The molecule has 3 nitrogen and oxygen atoms in total. The van der Waals surface area contributed by atoms with E-state index < -0.39 is 0 Å². The molecule has 2 heterocycles. The van der Waals surface area contributed by atoms with Crippen molar-refractivity contribution in [2.45, 2.75) is 0 Å². The molecule has 61 heavy (non-hydrogen) atoms. The van der Waals surface area contributed by atoms with Crippen LogP contribution >= 0.6 is 11.3 Å². The van der Waals surface area contributed by atoms with E-state index in [0.717, 1.165) is 38.8 Å². The first-order chi connectivity index (χ1) is 30.2. The van der Waals surface area contributed by atoms with E-state index in [1.54, 1.807) is 11.3 Å². The van der Waals surface area contributed by atoms with E-state index in [4.69, 9.17) is 15.0 Å². The van der Waals surface area contributed by atoms with Crippen LogP contribution in [0.15, 0.2) is 200 Å². The van der Waals surface area contributed by atoms with Crippen LogP contribution in [0.1, 0.15) is 0 Å². The largest absolute Gasteiger partial charge is 0.208 e. The number of rotatable bonds is 5. The van der Waals surface area contributed by atoms with Crippen molar-refractivity contribution in [3.63, 3.8) is 0 Å². The Bertz CT molecular complexity index is 3850. The van der Waals surface area contributed by atoms with Crippen molar-refractivity contribution in [1.29, 1.82) is 0 Å². The molecule has 4 heteroatoms. The van der Waals surface area contributed by atoms with Crippen molar-refractivity contribution in [1.82, 2.24) is 15.0 Å². The van der Waals surface area contributed by atoms with Gasteiger partial charge in [0.2, 0.25) is 0 Å². The van der Waals surface area contributed by atoms with Crippen LogP contribution in [-0.2, 0) is 0 Å². The molecule has 0 unspecified atom stereocenters. The fourth-order valence-electron chi connectivity index (χ4n) is 9.64. The van der Waals surface area contributed by atoms with Crippen molar-refractivity contribution >= 4 is 86.1 Å². The van der Waals surface area contributed by atoms with Crippen LogP contribution in [0.2, 0.25) is 0 Å². The molecule has 13 aromatic rings. The molecule has 2 aromatic heterocycles. The van der Waals surface area contributed by atoms with E-state index in [1.807, 2.05) is 0 Å². The first-order valence-electron chi connectivity index (χ1n) is 20.7. The summed E-state index contributed by atoms with van der Waals surface area (Å²) in [6.45, 7) is 0. The molecule has 0 saturated carbocycles. The molecule has 282 valence electrons. The highest BCUT2D eigenvalue weighted by Crippen LogP contribution is 2.45. The normalized spacial score (nSPS) is 11.9. The molecule has 0 aliphatic rings. The lowest BCUT2D eigenvalue weighted by Crippen LogP contribution is -2.01.